The third kappa shape index (κ3) is 9.67. The third-order valence-electron chi connectivity index (χ3n) is 6.64. The number of benzene rings is 3. The van der Waals surface area contributed by atoms with Crippen LogP contribution < -0.4 is 14.2 Å². The van der Waals surface area contributed by atoms with Crippen molar-refractivity contribution in [3.05, 3.63) is 109 Å². The first-order valence-corrected chi connectivity index (χ1v) is 13.9. The molecule has 1 saturated carbocycles. The van der Waals surface area contributed by atoms with E-state index >= 15 is 0 Å². The molecule has 0 unspecified atom stereocenters. The van der Waals surface area contributed by atoms with E-state index in [9.17, 15) is 19.2 Å². The van der Waals surface area contributed by atoms with E-state index in [0.717, 1.165) is 49.3 Å². The molecule has 0 aliphatic heterocycles. The highest BCUT2D eigenvalue weighted by Gasteiger charge is 2.20. The predicted molar refractivity (Wildman–Crippen MR) is 161 cm³/mol. The topological polar surface area (TPSA) is 105 Å². The van der Waals surface area contributed by atoms with Gasteiger partial charge in [0.25, 0.3) is 0 Å². The summed E-state index contributed by atoms with van der Waals surface area (Å²) < 4.78 is 21.2. The van der Waals surface area contributed by atoms with E-state index in [1.807, 2.05) is 24.3 Å². The first-order chi connectivity index (χ1) is 20.8. The fourth-order valence-electron chi connectivity index (χ4n) is 4.39. The van der Waals surface area contributed by atoms with E-state index in [4.69, 9.17) is 18.9 Å². The highest BCUT2D eigenvalue weighted by molar-refractivity contribution is 5.94. The molecule has 0 heterocycles. The lowest BCUT2D eigenvalue weighted by Crippen LogP contribution is -2.22. The Morgan fingerprint density at radius 1 is 0.698 bits per heavy atom. The van der Waals surface area contributed by atoms with E-state index in [2.05, 4.69) is 13.2 Å². The first-order valence-electron chi connectivity index (χ1n) is 13.9. The van der Waals surface area contributed by atoms with Crippen LogP contribution in [0, 0.1) is 0 Å². The zero-order chi connectivity index (χ0) is 30.6. The van der Waals surface area contributed by atoms with Crippen LogP contribution in [-0.2, 0) is 23.9 Å². The van der Waals surface area contributed by atoms with Crippen molar-refractivity contribution in [2.45, 2.75) is 44.6 Å². The van der Waals surface area contributed by atoms with Gasteiger partial charge in [-0.1, -0.05) is 56.0 Å². The van der Waals surface area contributed by atoms with Crippen LogP contribution in [0.2, 0.25) is 0 Å². The van der Waals surface area contributed by atoms with Gasteiger partial charge in [0.2, 0.25) is 0 Å². The fourth-order valence-corrected chi connectivity index (χ4v) is 4.39. The van der Waals surface area contributed by atoms with Crippen LogP contribution in [0.1, 0.15) is 44.1 Å². The van der Waals surface area contributed by atoms with Crippen LogP contribution in [-0.4, -0.2) is 30.0 Å². The number of hydrogen-bond acceptors (Lipinski definition) is 8. The van der Waals surface area contributed by atoms with Crippen LogP contribution in [0.4, 0.5) is 0 Å². The highest BCUT2D eigenvalue weighted by Crippen LogP contribution is 2.25. The van der Waals surface area contributed by atoms with Gasteiger partial charge in [0.1, 0.15) is 23.4 Å². The molecule has 1 aliphatic rings. The number of ether oxygens (including phenoxy) is 4. The lowest BCUT2D eigenvalue weighted by molar-refractivity contribution is -0.150. The number of rotatable bonds is 11. The molecule has 0 spiro atoms. The standard InChI is InChI=1S/C35H32O8/c1-3-32(36)40-29-18-12-26(13-19-29)27-14-20-30(21-15-27)41-33(37)22-11-25-9-16-31(17-10-25)43-35(39)24(2)23-34(38)42-28-7-5-4-6-8-28/h3,9-22,28H,1-2,4-8,23H2/b22-11+. The summed E-state index contributed by atoms with van der Waals surface area (Å²) in [7, 11) is 0. The molecule has 1 aliphatic carbocycles. The van der Waals surface area contributed by atoms with Crippen molar-refractivity contribution in [3.8, 4) is 28.4 Å². The van der Waals surface area contributed by atoms with E-state index in [1.165, 1.54) is 6.08 Å². The lowest BCUT2D eigenvalue weighted by Gasteiger charge is -2.21. The van der Waals surface area contributed by atoms with Crippen molar-refractivity contribution in [1.29, 1.82) is 0 Å². The molecular weight excluding hydrogens is 548 g/mol. The van der Waals surface area contributed by atoms with Crippen molar-refractivity contribution in [1.82, 2.24) is 0 Å². The Balaban J connectivity index is 1.22. The van der Waals surface area contributed by atoms with Gasteiger partial charge in [-0.15, -0.1) is 0 Å². The molecule has 220 valence electrons. The Labute approximate surface area is 250 Å². The van der Waals surface area contributed by atoms with Crippen molar-refractivity contribution >= 4 is 30.0 Å². The molecule has 8 heteroatoms. The number of carbonyl (C=O) groups excluding carboxylic acids is 4. The molecule has 0 radical (unpaired) electrons. The minimum Gasteiger partial charge on any atom is -0.462 e. The van der Waals surface area contributed by atoms with Gasteiger partial charge >= 0.3 is 23.9 Å². The lowest BCUT2D eigenvalue weighted by atomic mass is 9.98. The summed E-state index contributed by atoms with van der Waals surface area (Å²) in [5, 5.41) is 0. The maximum absolute atomic E-state index is 12.4. The van der Waals surface area contributed by atoms with Gasteiger partial charge in [0.05, 0.1) is 6.42 Å². The van der Waals surface area contributed by atoms with Gasteiger partial charge in [0, 0.05) is 17.7 Å². The maximum Gasteiger partial charge on any atom is 0.339 e. The summed E-state index contributed by atoms with van der Waals surface area (Å²) in [4.78, 5) is 48.1. The van der Waals surface area contributed by atoms with Crippen LogP contribution in [0.15, 0.2) is 104 Å². The van der Waals surface area contributed by atoms with Crippen LogP contribution in [0.3, 0.4) is 0 Å². The molecule has 3 aromatic rings. The SMILES string of the molecule is C=CC(=O)Oc1ccc(-c2ccc(OC(=O)/C=C/c3ccc(OC(=O)C(=C)CC(=O)OC4CCCCC4)cc3)cc2)cc1. The third-order valence-corrected chi connectivity index (χ3v) is 6.64. The summed E-state index contributed by atoms with van der Waals surface area (Å²) >= 11 is 0. The zero-order valence-electron chi connectivity index (χ0n) is 23.7. The normalized spacial score (nSPS) is 13.1. The van der Waals surface area contributed by atoms with E-state index in [-0.39, 0.29) is 23.8 Å². The summed E-state index contributed by atoms with van der Waals surface area (Å²) in [5.74, 6) is -1.21. The molecule has 4 rings (SSSR count). The molecule has 43 heavy (non-hydrogen) atoms. The molecule has 0 N–H and O–H groups in total. The monoisotopic (exact) mass is 580 g/mol. The largest absolute Gasteiger partial charge is 0.462 e. The Morgan fingerprint density at radius 2 is 1.21 bits per heavy atom. The minimum absolute atomic E-state index is 0.0185. The quantitative estimate of drug-likeness (QED) is 0.139. The Hall–Kier alpha value is -5.24. The van der Waals surface area contributed by atoms with Crippen molar-refractivity contribution in [3.63, 3.8) is 0 Å². The van der Waals surface area contributed by atoms with Gasteiger partial charge < -0.3 is 18.9 Å². The molecule has 1 fully saturated rings. The van der Waals surface area contributed by atoms with E-state index in [1.54, 1.807) is 54.6 Å². The molecule has 0 atom stereocenters. The minimum atomic E-state index is -0.704. The molecule has 0 saturated heterocycles. The Bertz CT molecular complexity index is 1490. The summed E-state index contributed by atoms with van der Waals surface area (Å²) in [5.41, 5.74) is 2.49. The molecule has 0 bridgehead atoms. The molecule has 8 nitrogen and oxygen atoms in total. The van der Waals surface area contributed by atoms with Gasteiger partial charge in [-0.25, -0.2) is 14.4 Å². The zero-order valence-corrected chi connectivity index (χ0v) is 23.7. The maximum atomic E-state index is 12.4. The molecular formula is C35H32O8. The second kappa shape index (κ2) is 15.1. The van der Waals surface area contributed by atoms with Gasteiger partial charge in [-0.3, -0.25) is 4.79 Å². The second-order valence-corrected chi connectivity index (χ2v) is 9.92. The Morgan fingerprint density at radius 3 is 1.77 bits per heavy atom. The van der Waals surface area contributed by atoms with E-state index < -0.39 is 23.9 Å². The first kappa shape index (κ1) is 30.7. The van der Waals surface area contributed by atoms with Gasteiger partial charge in [-0.05, 0) is 84.8 Å². The molecule has 0 aromatic heterocycles. The number of hydrogen-bond donors (Lipinski definition) is 0. The number of carbonyl (C=O) groups is 4. The summed E-state index contributed by atoms with van der Waals surface area (Å²) in [6.07, 6.45) is 8.59. The van der Waals surface area contributed by atoms with Crippen molar-refractivity contribution < 1.29 is 38.1 Å². The van der Waals surface area contributed by atoms with Crippen LogP contribution in [0.5, 0.6) is 17.2 Å². The number of esters is 4. The Kier molecular flexibility index (Phi) is 10.8. The van der Waals surface area contributed by atoms with E-state index in [0.29, 0.717) is 17.1 Å². The average molecular weight is 581 g/mol. The van der Waals surface area contributed by atoms with Crippen molar-refractivity contribution in [2.75, 3.05) is 0 Å². The summed E-state index contributed by atoms with van der Waals surface area (Å²) in [6, 6.07) is 20.5. The average Bonchev–Trinajstić information content (AvgIpc) is 3.02. The second-order valence-electron chi connectivity index (χ2n) is 9.92. The van der Waals surface area contributed by atoms with Crippen molar-refractivity contribution in [2.24, 2.45) is 0 Å². The molecule has 3 aromatic carbocycles. The molecule has 0 amide bonds. The van der Waals surface area contributed by atoms with Gasteiger partial charge in [-0.2, -0.15) is 0 Å². The van der Waals surface area contributed by atoms with Crippen LogP contribution in [0.25, 0.3) is 17.2 Å². The highest BCUT2D eigenvalue weighted by atomic mass is 16.6. The van der Waals surface area contributed by atoms with Crippen LogP contribution >= 0.6 is 0 Å². The summed E-state index contributed by atoms with van der Waals surface area (Å²) in [6.45, 7) is 7.03. The fraction of sp³-hybridized carbons (Fsp3) is 0.200. The van der Waals surface area contributed by atoms with Gasteiger partial charge in [0.15, 0.2) is 0 Å². The smallest absolute Gasteiger partial charge is 0.339 e. The predicted octanol–water partition coefficient (Wildman–Crippen LogP) is 6.79.